The lowest BCUT2D eigenvalue weighted by Gasteiger charge is -2.37. The Morgan fingerprint density at radius 2 is 2.10 bits per heavy atom. The van der Waals surface area contributed by atoms with Gasteiger partial charge < -0.3 is 11.1 Å². The molecular formula is C13H18ClN3O3S. The summed E-state index contributed by atoms with van der Waals surface area (Å²) in [6, 6.07) is 8.91. The molecule has 3 N–H and O–H groups in total. The van der Waals surface area contributed by atoms with E-state index in [1.165, 1.54) is 4.90 Å². The van der Waals surface area contributed by atoms with Crippen molar-refractivity contribution in [1.29, 1.82) is 0 Å². The molecule has 21 heavy (non-hydrogen) atoms. The number of amides is 1. The standard InChI is InChI=1S/C13H18ClN3O3S/c14-12(13(15)18)17-7-6-16-8-11(17)21(19,20)9-10-4-2-1-3-5-10/h1-5,11-12,16H,6-9H2,(H2,15,18). The van der Waals surface area contributed by atoms with E-state index in [0.29, 0.717) is 18.7 Å². The van der Waals surface area contributed by atoms with Crippen molar-refractivity contribution in [2.24, 2.45) is 5.73 Å². The molecule has 0 radical (unpaired) electrons. The molecule has 1 aromatic rings. The lowest BCUT2D eigenvalue weighted by molar-refractivity contribution is -0.121. The Morgan fingerprint density at radius 1 is 1.43 bits per heavy atom. The SMILES string of the molecule is NC(=O)C(Cl)N1CCNCC1S(=O)(=O)Cc1ccccc1. The Hall–Kier alpha value is -1.15. The largest absolute Gasteiger partial charge is 0.367 e. The first-order chi connectivity index (χ1) is 9.92. The normalized spacial score (nSPS) is 21.9. The lowest BCUT2D eigenvalue weighted by atomic mass is 10.2. The molecule has 0 aromatic heterocycles. The van der Waals surface area contributed by atoms with E-state index >= 15 is 0 Å². The Kier molecular flexibility index (Phi) is 5.21. The van der Waals surface area contributed by atoms with Crippen molar-refractivity contribution >= 4 is 27.3 Å². The summed E-state index contributed by atoms with van der Waals surface area (Å²) in [7, 11) is -3.49. The van der Waals surface area contributed by atoms with Gasteiger partial charge in [-0.1, -0.05) is 41.9 Å². The summed E-state index contributed by atoms with van der Waals surface area (Å²) in [5, 5.41) is 2.16. The van der Waals surface area contributed by atoms with Gasteiger partial charge in [0.1, 0.15) is 5.37 Å². The number of primary amides is 1. The van der Waals surface area contributed by atoms with Crippen LogP contribution < -0.4 is 11.1 Å². The Morgan fingerprint density at radius 3 is 2.71 bits per heavy atom. The van der Waals surface area contributed by atoms with Gasteiger partial charge in [-0.05, 0) is 5.56 Å². The van der Waals surface area contributed by atoms with E-state index in [4.69, 9.17) is 17.3 Å². The zero-order chi connectivity index (χ0) is 15.5. The number of alkyl halides is 1. The third-order valence-corrected chi connectivity index (χ3v) is 5.85. The highest BCUT2D eigenvalue weighted by Crippen LogP contribution is 2.20. The molecule has 2 atom stereocenters. The van der Waals surface area contributed by atoms with E-state index in [1.54, 1.807) is 24.3 Å². The van der Waals surface area contributed by atoms with E-state index in [0.717, 1.165) is 0 Å². The molecule has 116 valence electrons. The maximum atomic E-state index is 12.6. The van der Waals surface area contributed by atoms with E-state index < -0.39 is 26.6 Å². The number of carbonyl (C=O) groups excluding carboxylic acids is 1. The van der Waals surface area contributed by atoms with E-state index in [-0.39, 0.29) is 12.3 Å². The Labute approximate surface area is 129 Å². The summed E-state index contributed by atoms with van der Waals surface area (Å²) in [6.07, 6.45) is 0. The number of hydrogen-bond acceptors (Lipinski definition) is 5. The maximum absolute atomic E-state index is 12.6. The van der Waals surface area contributed by atoms with Crippen LogP contribution in [0.3, 0.4) is 0 Å². The molecule has 1 aliphatic rings. The van der Waals surface area contributed by atoms with Crippen LogP contribution >= 0.6 is 11.6 Å². The predicted molar refractivity (Wildman–Crippen MR) is 81.3 cm³/mol. The van der Waals surface area contributed by atoms with Crippen molar-refractivity contribution in [2.75, 3.05) is 19.6 Å². The third-order valence-electron chi connectivity index (χ3n) is 3.39. The number of hydrogen-bond donors (Lipinski definition) is 2. The Balaban J connectivity index is 2.21. The summed E-state index contributed by atoms with van der Waals surface area (Å²) < 4.78 is 25.2. The van der Waals surface area contributed by atoms with Gasteiger partial charge in [-0.2, -0.15) is 0 Å². The highest BCUT2D eigenvalue weighted by Gasteiger charge is 2.38. The summed E-state index contributed by atoms with van der Waals surface area (Å²) in [5.41, 5.74) is 4.78. The van der Waals surface area contributed by atoms with Gasteiger partial charge in [-0.25, -0.2) is 8.42 Å². The van der Waals surface area contributed by atoms with Crippen molar-refractivity contribution in [1.82, 2.24) is 10.2 Å². The number of carbonyl (C=O) groups is 1. The molecule has 0 aliphatic carbocycles. The fourth-order valence-electron chi connectivity index (χ4n) is 2.35. The zero-order valence-corrected chi connectivity index (χ0v) is 13.0. The van der Waals surface area contributed by atoms with E-state index in [1.807, 2.05) is 6.07 Å². The van der Waals surface area contributed by atoms with Crippen LogP contribution in [0.5, 0.6) is 0 Å². The van der Waals surface area contributed by atoms with Gasteiger partial charge in [0.2, 0.25) is 5.91 Å². The topological polar surface area (TPSA) is 92.5 Å². The van der Waals surface area contributed by atoms with Crippen LogP contribution in [-0.4, -0.2) is 49.7 Å². The summed E-state index contributed by atoms with van der Waals surface area (Å²) in [6.45, 7) is 1.15. The highest BCUT2D eigenvalue weighted by atomic mass is 35.5. The summed E-state index contributed by atoms with van der Waals surface area (Å²) in [4.78, 5) is 12.7. The van der Waals surface area contributed by atoms with Crippen LogP contribution in [0.4, 0.5) is 0 Å². The second kappa shape index (κ2) is 6.74. The van der Waals surface area contributed by atoms with Crippen molar-refractivity contribution in [3.05, 3.63) is 35.9 Å². The second-order valence-corrected chi connectivity index (χ2v) is 7.50. The fraction of sp³-hybridized carbons (Fsp3) is 0.462. The molecule has 1 fully saturated rings. The molecule has 6 nitrogen and oxygen atoms in total. The van der Waals surface area contributed by atoms with Gasteiger partial charge in [0.15, 0.2) is 15.3 Å². The van der Waals surface area contributed by atoms with Crippen LogP contribution in [0.2, 0.25) is 0 Å². The van der Waals surface area contributed by atoms with Gasteiger partial charge in [0.25, 0.3) is 0 Å². The molecule has 1 heterocycles. The Bertz CT molecular complexity index is 594. The molecule has 1 aromatic carbocycles. The first kappa shape index (κ1) is 16.2. The number of benzene rings is 1. The molecule has 0 spiro atoms. The minimum Gasteiger partial charge on any atom is -0.367 e. The molecular weight excluding hydrogens is 314 g/mol. The molecule has 1 saturated heterocycles. The van der Waals surface area contributed by atoms with Crippen LogP contribution in [-0.2, 0) is 20.4 Å². The number of halogens is 1. The third kappa shape index (κ3) is 3.94. The van der Waals surface area contributed by atoms with Crippen molar-refractivity contribution in [3.8, 4) is 0 Å². The average Bonchev–Trinajstić information content (AvgIpc) is 2.47. The number of nitrogens with two attached hydrogens (primary N) is 1. The highest BCUT2D eigenvalue weighted by molar-refractivity contribution is 7.91. The molecule has 0 saturated carbocycles. The van der Waals surface area contributed by atoms with Crippen LogP contribution in [0.1, 0.15) is 5.56 Å². The molecule has 2 unspecified atom stereocenters. The quantitative estimate of drug-likeness (QED) is 0.580. The maximum Gasteiger partial charge on any atom is 0.250 e. The smallest absolute Gasteiger partial charge is 0.250 e. The number of rotatable bonds is 5. The van der Waals surface area contributed by atoms with E-state index in [9.17, 15) is 13.2 Å². The monoisotopic (exact) mass is 331 g/mol. The molecule has 0 bridgehead atoms. The average molecular weight is 332 g/mol. The van der Waals surface area contributed by atoms with Crippen molar-refractivity contribution in [2.45, 2.75) is 16.6 Å². The van der Waals surface area contributed by atoms with Crippen LogP contribution in [0, 0.1) is 0 Å². The number of sulfone groups is 1. The van der Waals surface area contributed by atoms with Crippen LogP contribution in [0.15, 0.2) is 30.3 Å². The number of nitrogens with one attached hydrogen (secondary N) is 1. The minimum absolute atomic E-state index is 0.0982. The minimum atomic E-state index is -3.49. The first-order valence-corrected chi connectivity index (χ1v) is 8.72. The second-order valence-electron chi connectivity index (χ2n) is 4.93. The van der Waals surface area contributed by atoms with Crippen molar-refractivity contribution < 1.29 is 13.2 Å². The zero-order valence-electron chi connectivity index (χ0n) is 11.4. The fourth-order valence-corrected chi connectivity index (χ4v) is 4.52. The van der Waals surface area contributed by atoms with Gasteiger partial charge in [0, 0.05) is 19.6 Å². The molecule has 2 rings (SSSR count). The van der Waals surface area contributed by atoms with Gasteiger partial charge in [-0.3, -0.25) is 9.69 Å². The molecule has 1 aliphatic heterocycles. The first-order valence-electron chi connectivity index (χ1n) is 6.57. The van der Waals surface area contributed by atoms with Gasteiger partial charge in [-0.15, -0.1) is 0 Å². The summed E-state index contributed by atoms with van der Waals surface area (Å²) >= 11 is 5.96. The van der Waals surface area contributed by atoms with Gasteiger partial charge in [0.05, 0.1) is 5.75 Å². The number of piperazine rings is 1. The van der Waals surface area contributed by atoms with Gasteiger partial charge >= 0.3 is 0 Å². The van der Waals surface area contributed by atoms with Crippen molar-refractivity contribution in [3.63, 3.8) is 0 Å². The van der Waals surface area contributed by atoms with E-state index in [2.05, 4.69) is 5.32 Å². The number of nitrogens with zero attached hydrogens (tertiary/aromatic N) is 1. The molecule has 8 heteroatoms. The molecule has 1 amide bonds. The lowest BCUT2D eigenvalue weighted by Crippen LogP contribution is -2.59. The predicted octanol–water partition coefficient (Wildman–Crippen LogP) is -0.117. The summed E-state index contributed by atoms with van der Waals surface area (Å²) in [5.74, 6) is -0.836. The van der Waals surface area contributed by atoms with Crippen LogP contribution in [0.25, 0.3) is 0 Å².